The van der Waals surface area contributed by atoms with Gasteiger partial charge in [-0.05, 0) is 18.9 Å². The minimum absolute atomic E-state index is 0.0541. The maximum absolute atomic E-state index is 7.12. The zero-order valence-corrected chi connectivity index (χ0v) is 15.9. The second-order valence-corrected chi connectivity index (χ2v) is 6.83. The Labute approximate surface area is 160 Å². The number of unbranched alkanes of at least 4 members (excludes halogenated alkanes) is 1. The van der Waals surface area contributed by atoms with E-state index in [1.807, 2.05) is 24.3 Å². The predicted octanol–water partition coefficient (Wildman–Crippen LogP) is 4.47. The molecule has 1 aliphatic rings. The van der Waals surface area contributed by atoms with Crippen LogP contribution in [-0.2, 0) is 6.42 Å². The van der Waals surface area contributed by atoms with E-state index in [4.69, 9.17) is 17.0 Å². The zero-order chi connectivity index (χ0) is 19.4. The summed E-state index contributed by atoms with van der Waals surface area (Å²) >= 11 is 0. The van der Waals surface area contributed by atoms with Gasteiger partial charge in [0.1, 0.15) is 11.6 Å². The van der Waals surface area contributed by atoms with E-state index in [1.54, 1.807) is 0 Å². The van der Waals surface area contributed by atoms with Crippen molar-refractivity contribution in [1.29, 1.82) is 0 Å². The molecule has 0 saturated heterocycles. The molecule has 1 atom stereocenters. The molecule has 3 rings (SSSR count). The van der Waals surface area contributed by atoms with Gasteiger partial charge < -0.3 is 15.4 Å². The lowest BCUT2D eigenvalue weighted by Crippen LogP contribution is -2.35. The second kappa shape index (κ2) is 8.09. The number of anilines is 2. The summed E-state index contributed by atoms with van der Waals surface area (Å²) in [6.45, 7) is 16.8. The van der Waals surface area contributed by atoms with Crippen molar-refractivity contribution >= 4 is 17.3 Å². The maximum atomic E-state index is 7.12. The molecule has 140 valence electrons. The first kappa shape index (κ1) is 18.7. The third-order valence-electron chi connectivity index (χ3n) is 4.79. The Bertz CT molecular complexity index is 869. The Hall–Kier alpha value is -3.07. The average molecular weight is 363 g/mol. The van der Waals surface area contributed by atoms with Crippen molar-refractivity contribution in [3.05, 3.63) is 59.0 Å². The first-order valence-corrected chi connectivity index (χ1v) is 9.23. The van der Waals surface area contributed by atoms with E-state index in [9.17, 15) is 0 Å². The van der Waals surface area contributed by atoms with Gasteiger partial charge in [-0.25, -0.2) is 4.85 Å². The molecule has 0 spiro atoms. The lowest BCUT2D eigenvalue weighted by atomic mass is 9.98. The number of rotatable bonds is 6. The highest BCUT2D eigenvalue weighted by molar-refractivity contribution is 5.63. The lowest BCUT2D eigenvalue weighted by Gasteiger charge is -2.36. The summed E-state index contributed by atoms with van der Waals surface area (Å²) in [6.07, 6.45) is 2.67. The molecule has 1 aromatic heterocycles. The van der Waals surface area contributed by atoms with E-state index in [2.05, 4.69) is 40.1 Å². The highest BCUT2D eigenvalue weighted by Gasteiger charge is 2.28. The van der Waals surface area contributed by atoms with Gasteiger partial charge in [0.05, 0.1) is 19.2 Å². The SMILES string of the molecule is [C-]#[N+]c1ccc(C(C)N2CC(=C)Cc3c(N)nc(OCCCC)nc32)cc1. The number of hydrogen-bond acceptors (Lipinski definition) is 5. The molecule has 0 fully saturated rings. The van der Waals surface area contributed by atoms with Gasteiger partial charge in [0.25, 0.3) is 0 Å². The number of fused-ring (bicyclic) bond motifs is 1. The van der Waals surface area contributed by atoms with E-state index in [0.29, 0.717) is 37.1 Å². The fourth-order valence-electron chi connectivity index (χ4n) is 3.20. The summed E-state index contributed by atoms with van der Waals surface area (Å²) in [6, 6.07) is 8.03. The topological polar surface area (TPSA) is 68.6 Å². The van der Waals surface area contributed by atoms with Gasteiger partial charge in [0.2, 0.25) is 0 Å². The van der Waals surface area contributed by atoms with E-state index >= 15 is 0 Å². The number of ether oxygens (including phenoxy) is 1. The first-order valence-electron chi connectivity index (χ1n) is 9.23. The Kier molecular flexibility index (Phi) is 5.60. The number of nitrogen functional groups attached to an aromatic ring is 1. The van der Waals surface area contributed by atoms with E-state index in [-0.39, 0.29) is 6.04 Å². The molecule has 1 aliphatic heterocycles. The summed E-state index contributed by atoms with van der Waals surface area (Å²) < 4.78 is 5.70. The Morgan fingerprint density at radius 3 is 2.74 bits per heavy atom. The predicted molar refractivity (Wildman–Crippen MR) is 108 cm³/mol. The van der Waals surface area contributed by atoms with Crippen LogP contribution in [0.4, 0.5) is 17.3 Å². The highest BCUT2D eigenvalue weighted by atomic mass is 16.5. The van der Waals surface area contributed by atoms with E-state index in [1.165, 1.54) is 0 Å². The molecule has 0 amide bonds. The molecule has 6 nitrogen and oxygen atoms in total. The van der Waals surface area contributed by atoms with E-state index in [0.717, 1.165) is 35.4 Å². The van der Waals surface area contributed by atoms with Gasteiger partial charge in [-0.1, -0.05) is 49.8 Å². The molecule has 27 heavy (non-hydrogen) atoms. The van der Waals surface area contributed by atoms with Gasteiger partial charge in [0, 0.05) is 18.5 Å². The van der Waals surface area contributed by atoms with Crippen LogP contribution in [0.15, 0.2) is 36.4 Å². The minimum Gasteiger partial charge on any atom is -0.463 e. The van der Waals surface area contributed by atoms with Gasteiger partial charge in [-0.3, -0.25) is 0 Å². The Balaban J connectivity index is 1.94. The number of nitrogens with two attached hydrogens (primary N) is 1. The third-order valence-corrected chi connectivity index (χ3v) is 4.79. The number of hydrogen-bond donors (Lipinski definition) is 1. The zero-order valence-electron chi connectivity index (χ0n) is 15.9. The van der Waals surface area contributed by atoms with Crippen molar-refractivity contribution in [2.24, 2.45) is 0 Å². The van der Waals surface area contributed by atoms with Crippen molar-refractivity contribution in [1.82, 2.24) is 9.97 Å². The van der Waals surface area contributed by atoms with Crippen LogP contribution in [-0.4, -0.2) is 23.1 Å². The summed E-state index contributed by atoms with van der Waals surface area (Å²) in [5.41, 5.74) is 9.93. The Morgan fingerprint density at radius 2 is 2.07 bits per heavy atom. The number of aromatic nitrogens is 2. The van der Waals surface area contributed by atoms with Crippen LogP contribution in [0.1, 0.15) is 43.9 Å². The van der Waals surface area contributed by atoms with Crippen LogP contribution in [0, 0.1) is 6.57 Å². The van der Waals surface area contributed by atoms with Crippen LogP contribution >= 0.6 is 0 Å². The summed E-state index contributed by atoms with van der Waals surface area (Å²) in [4.78, 5) is 14.6. The summed E-state index contributed by atoms with van der Waals surface area (Å²) in [5.74, 6) is 1.26. The monoisotopic (exact) mass is 363 g/mol. The molecule has 0 saturated carbocycles. The summed E-state index contributed by atoms with van der Waals surface area (Å²) in [5, 5.41) is 0. The molecule has 2 aromatic rings. The lowest BCUT2D eigenvalue weighted by molar-refractivity contribution is 0.285. The molecular weight excluding hydrogens is 338 g/mol. The minimum atomic E-state index is 0.0541. The van der Waals surface area contributed by atoms with Crippen molar-refractivity contribution in [3.8, 4) is 6.01 Å². The van der Waals surface area contributed by atoms with Crippen molar-refractivity contribution in [2.45, 2.75) is 39.2 Å². The smallest absolute Gasteiger partial charge is 0.320 e. The standard InChI is InChI=1S/C21H25N5O/c1-5-6-11-27-21-24-19(22)18-12-14(2)13-26(20(18)25-21)15(3)16-7-9-17(23-4)10-8-16/h7-10,15H,2,5-6,11-13H2,1,3H3,(H2,22,24,25). The normalized spacial score (nSPS) is 14.4. The highest BCUT2D eigenvalue weighted by Crippen LogP contribution is 2.37. The van der Waals surface area contributed by atoms with E-state index < -0.39 is 0 Å². The fraction of sp³-hybridized carbons (Fsp3) is 0.381. The van der Waals surface area contributed by atoms with Crippen LogP contribution in [0.5, 0.6) is 6.01 Å². The quantitative estimate of drug-likeness (QED) is 0.466. The largest absolute Gasteiger partial charge is 0.463 e. The maximum Gasteiger partial charge on any atom is 0.320 e. The molecule has 0 radical (unpaired) electrons. The molecule has 6 heteroatoms. The third kappa shape index (κ3) is 4.03. The van der Waals surface area contributed by atoms with Crippen molar-refractivity contribution in [2.75, 3.05) is 23.8 Å². The van der Waals surface area contributed by atoms with Crippen molar-refractivity contribution < 1.29 is 4.74 Å². The number of nitrogens with zero attached hydrogens (tertiary/aromatic N) is 4. The van der Waals surface area contributed by atoms with Gasteiger partial charge in [-0.2, -0.15) is 9.97 Å². The van der Waals surface area contributed by atoms with Crippen molar-refractivity contribution in [3.63, 3.8) is 0 Å². The molecule has 2 heterocycles. The Morgan fingerprint density at radius 1 is 1.33 bits per heavy atom. The van der Waals surface area contributed by atoms with Crippen LogP contribution in [0.2, 0.25) is 0 Å². The molecule has 0 bridgehead atoms. The van der Waals surface area contributed by atoms with Crippen LogP contribution < -0.4 is 15.4 Å². The molecule has 1 unspecified atom stereocenters. The van der Waals surface area contributed by atoms with Gasteiger partial charge in [-0.15, -0.1) is 0 Å². The average Bonchev–Trinajstić information content (AvgIpc) is 2.68. The van der Waals surface area contributed by atoms with Gasteiger partial charge >= 0.3 is 6.01 Å². The summed E-state index contributed by atoms with van der Waals surface area (Å²) in [7, 11) is 0. The van der Waals surface area contributed by atoms with Crippen LogP contribution in [0.25, 0.3) is 4.85 Å². The molecule has 0 aliphatic carbocycles. The first-order chi connectivity index (χ1) is 13.0. The molecule has 1 aromatic carbocycles. The molecule has 2 N–H and O–H groups in total. The van der Waals surface area contributed by atoms with Crippen LogP contribution in [0.3, 0.4) is 0 Å². The molecular formula is C21H25N5O. The fourth-order valence-corrected chi connectivity index (χ4v) is 3.20. The second-order valence-electron chi connectivity index (χ2n) is 6.83. The number of benzene rings is 1. The van der Waals surface area contributed by atoms with Gasteiger partial charge in [0.15, 0.2) is 5.69 Å².